The molecule has 2 heterocycles. The van der Waals surface area contributed by atoms with E-state index >= 15 is 0 Å². The lowest BCUT2D eigenvalue weighted by Crippen LogP contribution is -2.45. The second-order valence-corrected chi connectivity index (χ2v) is 6.25. The number of hydrogen-bond acceptors (Lipinski definition) is 4. The second-order valence-electron chi connectivity index (χ2n) is 6.25. The molecule has 6 nitrogen and oxygen atoms in total. The molecule has 0 radical (unpaired) electrons. The normalized spacial score (nSPS) is 19.3. The molecule has 2 N–H and O–H groups in total. The Morgan fingerprint density at radius 3 is 2.77 bits per heavy atom. The molecule has 26 heavy (non-hydrogen) atoms. The SMILES string of the molecule is CCO[C@H]1COC[C@@H]1NC(=O)Nc1ccc(CCc2ccccn2)cc1. The van der Waals surface area contributed by atoms with Gasteiger partial charge in [0.15, 0.2) is 0 Å². The predicted molar refractivity (Wildman–Crippen MR) is 100 cm³/mol. The minimum atomic E-state index is -0.244. The van der Waals surface area contributed by atoms with Crippen LogP contribution in [-0.2, 0) is 22.3 Å². The lowest BCUT2D eigenvalue weighted by molar-refractivity contribution is 0.0428. The van der Waals surface area contributed by atoms with Gasteiger partial charge in [-0.1, -0.05) is 18.2 Å². The highest BCUT2D eigenvalue weighted by atomic mass is 16.5. The summed E-state index contributed by atoms with van der Waals surface area (Å²) in [6.07, 6.45) is 3.54. The molecule has 138 valence electrons. The zero-order chi connectivity index (χ0) is 18.2. The highest BCUT2D eigenvalue weighted by molar-refractivity contribution is 5.89. The Morgan fingerprint density at radius 2 is 2.04 bits per heavy atom. The number of hydrogen-bond donors (Lipinski definition) is 2. The highest BCUT2D eigenvalue weighted by Crippen LogP contribution is 2.13. The summed E-state index contributed by atoms with van der Waals surface area (Å²) in [6, 6.07) is 13.5. The van der Waals surface area contributed by atoms with Crippen molar-refractivity contribution in [3.05, 3.63) is 59.9 Å². The van der Waals surface area contributed by atoms with Gasteiger partial charge in [0, 0.05) is 24.2 Å². The van der Waals surface area contributed by atoms with Crippen LogP contribution in [0, 0.1) is 0 Å². The first-order valence-electron chi connectivity index (χ1n) is 9.00. The summed E-state index contributed by atoms with van der Waals surface area (Å²) in [5.74, 6) is 0. The van der Waals surface area contributed by atoms with Gasteiger partial charge in [-0.3, -0.25) is 4.98 Å². The Balaban J connectivity index is 1.47. The largest absolute Gasteiger partial charge is 0.376 e. The first-order valence-corrected chi connectivity index (χ1v) is 9.00. The zero-order valence-electron chi connectivity index (χ0n) is 15.0. The van der Waals surface area contributed by atoms with Crippen molar-refractivity contribution in [2.24, 2.45) is 0 Å². The number of anilines is 1. The van der Waals surface area contributed by atoms with Crippen LogP contribution in [0.15, 0.2) is 48.7 Å². The number of nitrogens with zero attached hydrogens (tertiary/aromatic N) is 1. The van der Waals surface area contributed by atoms with Crippen LogP contribution < -0.4 is 10.6 Å². The molecular formula is C20H25N3O3. The van der Waals surface area contributed by atoms with Gasteiger partial charge in [-0.05, 0) is 49.6 Å². The lowest BCUT2D eigenvalue weighted by atomic mass is 10.1. The van der Waals surface area contributed by atoms with Gasteiger partial charge >= 0.3 is 6.03 Å². The predicted octanol–water partition coefficient (Wildman–Crippen LogP) is 2.79. The summed E-state index contributed by atoms with van der Waals surface area (Å²) in [6.45, 7) is 3.53. The number of urea groups is 1. The van der Waals surface area contributed by atoms with E-state index in [0.29, 0.717) is 19.8 Å². The van der Waals surface area contributed by atoms with Crippen LogP contribution >= 0.6 is 0 Å². The molecule has 1 aliphatic rings. The summed E-state index contributed by atoms with van der Waals surface area (Å²) < 4.78 is 11.0. The van der Waals surface area contributed by atoms with E-state index in [0.717, 1.165) is 24.2 Å². The maximum Gasteiger partial charge on any atom is 0.319 e. The summed E-state index contributed by atoms with van der Waals surface area (Å²) in [4.78, 5) is 16.5. The number of amides is 2. The van der Waals surface area contributed by atoms with E-state index in [1.807, 2.05) is 55.6 Å². The van der Waals surface area contributed by atoms with Gasteiger partial charge in [0.25, 0.3) is 0 Å². The van der Waals surface area contributed by atoms with Gasteiger partial charge in [0.2, 0.25) is 0 Å². The van der Waals surface area contributed by atoms with Gasteiger partial charge < -0.3 is 20.1 Å². The molecule has 1 fully saturated rings. The van der Waals surface area contributed by atoms with E-state index in [1.165, 1.54) is 5.56 Å². The van der Waals surface area contributed by atoms with Crippen LogP contribution in [0.1, 0.15) is 18.2 Å². The van der Waals surface area contributed by atoms with Crippen molar-refractivity contribution >= 4 is 11.7 Å². The molecule has 6 heteroatoms. The highest BCUT2D eigenvalue weighted by Gasteiger charge is 2.29. The van der Waals surface area contributed by atoms with Crippen molar-refractivity contribution in [1.29, 1.82) is 0 Å². The maximum atomic E-state index is 12.2. The molecule has 2 aromatic rings. The summed E-state index contributed by atoms with van der Waals surface area (Å²) >= 11 is 0. The van der Waals surface area contributed by atoms with Crippen LogP contribution in [0.2, 0.25) is 0 Å². The molecule has 1 saturated heterocycles. The smallest absolute Gasteiger partial charge is 0.319 e. The van der Waals surface area contributed by atoms with Gasteiger partial charge in [-0.15, -0.1) is 0 Å². The first kappa shape index (κ1) is 18.4. The molecule has 3 rings (SSSR count). The topological polar surface area (TPSA) is 72.5 Å². The number of nitrogens with one attached hydrogen (secondary N) is 2. The fourth-order valence-corrected chi connectivity index (χ4v) is 2.96. The van der Waals surface area contributed by atoms with E-state index in [4.69, 9.17) is 9.47 Å². The number of aromatic nitrogens is 1. The van der Waals surface area contributed by atoms with Crippen LogP contribution in [-0.4, -0.2) is 43.0 Å². The van der Waals surface area contributed by atoms with Gasteiger partial charge in [0.1, 0.15) is 6.10 Å². The molecule has 0 saturated carbocycles. The number of carbonyl (C=O) groups is 1. The minimum Gasteiger partial charge on any atom is -0.376 e. The molecule has 0 unspecified atom stereocenters. The average molecular weight is 355 g/mol. The van der Waals surface area contributed by atoms with Crippen LogP contribution in [0.5, 0.6) is 0 Å². The Labute approximate surface area is 153 Å². The monoisotopic (exact) mass is 355 g/mol. The van der Waals surface area contributed by atoms with E-state index < -0.39 is 0 Å². The third-order valence-electron chi connectivity index (χ3n) is 4.33. The Kier molecular flexibility index (Phi) is 6.57. The van der Waals surface area contributed by atoms with Crippen molar-refractivity contribution in [3.63, 3.8) is 0 Å². The first-order chi connectivity index (χ1) is 12.7. The average Bonchev–Trinajstić information content (AvgIpc) is 3.09. The molecule has 0 spiro atoms. The molecule has 0 aliphatic carbocycles. The quantitative estimate of drug-likeness (QED) is 0.801. The van der Waals surface area contributed by atoms with Crippen LogP contribution in [0.3, 0.4) is 0 Å². The fraction of sp³-hybridized carbons (Fsp3) is 0.400. The maximum absolute atomic E-state index is 12.2. The van der Waals surface area contributed by atoms with Crippen molar-refractivity contribution in [2.45, 2.75) is 31.9 Å². The number of pyridine rings is 1. The van der Waals surface area contributed by atoms with Crippen LogP contribution in [0.25, 0.3) is 0 Å². The van der Waals surface area contributed by atoms with Crippen molar-refractivity contribution in [1.82, 2.24) is 10.3 Å². The third kappa shape index (κ3) is 5.28. The summed E-state index contributed by atoms with van der Waals surface area (Å²) in [5, 5.41) is 5.77. The van der Waals surface area contributed by atoms with Gasteiger partial charge in [0.05, 0.1) is 19.3 Å². The Bertz CT molecular complexity index is 691. The lowest BCUT2D eigenvalue weighted by Gasteiger charge is -2.19. The number of aryl methyl sites for hydroxylation is 2. The molecular weight excluding hydrogens is 330 g/mol. The minimum absolute atomic E-state index is 0.0836. The molecule has 1 aromatic heterocycles. The molecule has 1 aromatic carbocycles. The summed E-state index contributed by atoms with van der Waals surface area (Å²) in [7, 11) is 0. The molecule has 2 atom stereocenters. The van der Waals surface area contributed by atoms with E-state index in [2.05, 4.69) is 15.6 Å². The molecule has 2 amide bonds. The van der Waals surface area contributed by atoms with Crippen molar-refractivity contribution in [3.8, 4) is 0 Å². The van der Waals surface area contributed by atoms with E-state index in [1.54, 1.807) is 0 Å². The van der Waals surface area contributed by atoms with E-state index in [9.17, 15) is 4.79 Å². The standard InChI is InChI=1S/C20H25N3O3/c1-2-26-19-14-25-13-18(19)23-20(24)22-17-10-7-15(8-11-17)6-9-16-5-3-4-12-21-16/h3-5,7-8,10-12,18-19H,2,6,9,13-14H2,1H3,(H2,22,23,24)/t18-,19-/m0/s1. The number of rotatable bonds is 7. The van der Waals surface area contributed by atoms with Crippen molar-refractivity contribution in [2.75, 3.05) is 25.1 Å². The van der Waals surface area contributed by atoms with Crippen molar-refractivity contribution < 1.29 is 14.3 Å². The number of ether oxygens (including phenoxy) is 2. The third-order valence-corrected chi connectivity index (χ3v) is 4.33. The number of benzene rings is 1. The number of carbonyl (C=O) groups excluding carboxylic acids is 1. The fourth-order valence-electron chi connectivity index (χ4n) is 2.96. The molecule has 0 bridgehead atoms. The summed E-state index contributed by atoms with van der Waals surface area (Å²) in [5.41, 5.74) is 3.05. The Morgan fingerprint density at radius 1 is 1.19 bits per heavy atom. The van der Waals surface area contributed by atoms with Crippen LogP contribution in [0.4, 0.5) is 10.5 Å². The van der Waals surface area contributed by atoms with Gasteiger partial charge in [-0.2, -0.15) is 0 Å². The van der Waals surface area contributed by atoms with E-state index in [-0.39, 0.29) is 18.2 Å². The zero-order valence-corrected chi connectivity index (χ0v) is 15.0. The molecule has 1 aliphatic heterocycles. The Hall–Kier alpha value is -2.44. The van der Waals surface area contributed by atoms with Gasteiger partial charge in [-0.25, -0.2) is 4.79 Å². The second kappa shape index (κ2) is 9.31.